The van der Waals surface area contributed by atoms with Gasteiger partial charge >= 0.3 is 17.7 Å². The van der Waals surface area contributed by atoms with Gasteiger partial charge in [0.1, 0.15) is 12.3 Å². The smallest absolute Gasteiger partial charge is 0.377 e. The van der Waals surface area contributed by atoms with E-state index in [9.17, 15) is 23.2 Å². The number of esters is 1. The van der Waals surface area contributed by atoms with Crippen LogP contribution >= 0.6 is 0 Å². The zero-order valence-corrected chi connectivity index (χ0v) is 19.7. The summed E-state index contributed by atoms with van der Waals surface area (Å²) < 4.78 is 34.4. The van der Waals surface area contributed by atoms with Gasteiger partial charge in [-0.1, -0.05) is 43.3 Å². The SMILES string of the molecule is CCCN(C(=O)n1nnn(-c2c(F)cccc2F)c1=O)c1ccc(N)c(C(=O)OCc2ccccc2)c1. The van der Waals surface area contributed by atoms with Crippen molar-refractivity contribution < 1.29 is 23.1 Å². The molecular weight excluding hydrogens is 486 g/mol. The molecule has 1 amide bonds. The summed E-state index contributed by atoms with van der Waals surface area (Å²) in [7, 11) is 0. The first kappa shape index (κ1) is 25.2. The predicted molar refractivity (Wildman–Crippen MR) is 130 cm³/mol. The minimum atomic E-state index is -1.17. The van der Waals surface area contributed by atoms with Crippen molar-refractivity contribution in [3.8, 4) is 5.69 Å². The third kappa shape index (κ3) is 5.22. The highest BCUT2D eigenvalue weighted by Crippen LogP contribution is 2.24. The number of benzene rings is 3. The summed E-state index contributed by atoms with van der Waals surface area (Å²) in [4.78, 5) is 40.0. The van der Waals surface area contributed by atoms with Gasteiger partial charge < -0.3 is 10.5 Å². The van der Waals surface area contributed by atoms with E-state index in [4.69, 9.17) is 10.5 Å². The minimum absolute atomic E-state index is 0.0199. The molecule has 0 spiro atoms. The van der Waals surface area contributed by atoms with Gasteiger partial charge in [-0.15, -0.1) is 4.68 Å². The maximum atomic E-state index is 14.2. The lowest BCUT2D eigenvalue weighted by molar-refractivity contribution is 0.0474. The average molecular weight is 508 g/mol. The molecule has 4 rings (SSSR count). The highest BCUT2D eigenvalue weighted by atomic mass is 19.1. The summed E-state index contributed by atoms with van der Waals surface area (Å²) in [5.41, 5.74) is 5.21. The van der Waals surface area contributed by atoms with Crippen molar-refractivity contribution >= 4 is 23.4 Å². The number of hydrogen-bond acceptors (Lipinski definition) is 7. The molecule has 3 aromatic carbocycles. The van der Waals surface area contributed by atoms with Crippen LogP contribution in [0.5, 0.6) is 0 Å². The number of rotatable bonds is 7. The Balaban J connectivity index is 1.64. The zero-order chi connectivity index (χ0) is 26.5. The van der Waals surface area contributed by atoms with Crippen molar-refractivity contribution in [2.45, 2.75) is 20.0 Å². The fraction of sp³-hybridized carbons (Fsp3) is 0.160. The number of aromatic nitrogens is 4. The second-order valence-electron chi connectivity index (χ2n) is 7.92. The lowest BCUT2D eigenvalue weighted by Gasteiger charge is -2.22. The number of amides is 1. The van der Waals surface area contributed by atoms with E-state index in [2.05, 4.69) is 10.4 Å². The van der Waals surface area contributed by atoms with Crippen molar-refractivity contribution in [2.24, 2.45) is 0 Å². The highest BCUT2D eigenvalue weighted by molar-refractivity contribution is 5.99. The second kappa shape index (κ2) is 10.8. The third-order valence-electron chi connectivity index (χ3n) is 5.37. The summed E-state index contributed by atoms with van der Waals surface area (Å²) in [5.74, 6) is -2.81. The van der Waals surface area contributed by atoms with Crippen LogP contribution < -0.4 is 16.3 Å². The molecule has 4 aromatic rings. The number of nitrogens with zero attached hydrogens (tertiary/aromatic N) is 5. The fourth-order valence-electron chi connectivity index (χ4n) is 3.56. The first-order valence-corrected chi connectivity index (χ1v) is 11.2. The molecular formula is C25H22F2N6O4. The van der Waals surface area contributed by atoms with E-state index < -0.39 is 35.0 Å². The largest absolute Gasteiger partial charge is 0.457 e. The van der Waals surface area contributed by atoms with Gasteiger partial charge in [0.05, 0.1) is 5.56 Å². The van der Waals surface area contributed by atoms with Gasteiger partial charge in [0.25, 0.3) is 0 Å². The summed E-state index contributed by atoms with van der Waals surface area (Å²) >= 11 is 0. The normalized spacial score (nSPS) is 10.8. The molecule has 12 heteroatoms. The van der Waals surface area contributed by atoms with Crippen LogP contribution in [0.3, 0.4) is 0 Å². The quantitative estimate of drug-likeness (QED) is 0.230. The topological polar surface area (TPSA) is 125 Å². The van der Waals surface area contributed by atoms with E-state index in [0.717, 1.165) is 23.8 Å². The van der Waals surface area contributed by atoms with E-state index in [0.29, 0.717) is 15.8 Å². The van der Waals surface area contributed by atoms with Gasteiger partial charge in [-0.25, -0.2) is 23.2 Å². The Labute approximate surface area is 209 Å². The summed E-state index contributed by atoms with van der Waals surface area (Å²) in [6, 6.07) is 15.4. The number of tetrazole rings is 1. The molecule has 0 radical (unpaired) electrons. The number of ether oxygens (including phenoxy) is 1. The number of carbonyl (C=O) groups excluding carboxylic acids is 2. The molecule has 0 bridgehead atoms. The van der Waals surface area contributed by atoms with Crippen LogP contribution in [0.25, 0.3) is 5.69 Å². The number of nitrogen functional groups attached to an aromatic ring is 1. The molecule has 0 unspecified atom stereocenters. The van der Waals surface area contributed by atoms with Crippen molar-refractivity contribution in [1.29, 1.82) is 0 Å². The molecule has 0 saturated carbocycles. The van der Waals surface area contributed by atoms with Crippen LogP contribution in [0.15, 0.2) is 71.5 Å². The monoisotopic (exact) mass is 508 g/mol. The van der Waals surface area contributed by atoms with Crippen LogP contribution in [0.2, 0.25) is 0 Å². The average Bonchev–Trinajstić information content (AvgIpc) is 3.27. The lowest BCUT2D eigenvalue weighted by Crippen LogP contribution is -2.41. The van der Waals surface area contributed by atoms with E-state index in [1.807, 2.05) is 18.2 Å². The highest BCUT2D eigenvalue weighted by Gasteiger charge is 2.26. The van der Waals surface area contributed by atoms with Gasteiger partial charge in [0.2, 0.25) is 0 Å². The Bertz CT molecular complexity index is 1480. The number of carbonyl (C=O) groups is 2. The number of halogens is 2. The van der Waals surface area contributed by atoms with Gasteiger partial charge in [-0.05, 0) is 52.7 Å². The molecule has 1 aromatic heterocycles. The van der Waals surface area contributed by atoms with E-state index in [1.54, 1.807) is 19.1 Å². The molecule has 0 aliphatic carbocycles. The molecule has 0 atom stereocenters. The summed E-state index contributed by atoms with van der Waals surface area (Å²) in [6.07, 6.45) is 0.467. The molecule has 0 aliphatic heterocycles. The molecule has 0 saturated heterocycles. The zero-order valence-electron chi connectivity index (χ0n) is 19.7. The third-order valence-corrected chi connectivity index (χ3v) is 5.37. The van der Waals surface area contributed by atoms with Crippen LogP contribution in [0, 0.1) is 11.6 Å². The molecule has 190 valence electrons. The van der Waals surface area contributed by atoms with Crippen LogP contribution in [-0.2, 0) is 11.3 Å². The van der Waals surface area contributed by atoms with Gasteiger partial charge in [-0.2, -0.15) is 4.68 Å². The van der Waals surface area contributed by atoms with Crippen molar-refractivity contribution in [3.05, 3.63) is 100.0 Å². The van der Waals surface area contributed by atoms with Crippen molar-refractivity contribution in [1.82, 2.24) is 19.8 Å². The van der Waals surface area contributed by atoms with Gasteiger partial charge in [0, 0.05) is 17.9 Å². The van der Waals surface area contributed by atoms with E-state index >= 15 is 0 Å². The Kier molecular flexibility index (Phi) is 7.37. The Morgan fingerprint density at radius 1 is 1.00 bits per heavy atom. The Morgan fingerprint density at radius 3 is 2.38 bits per heavy atom. The van der Waals surface area contributed by atoms with Crippen molar-refractivity contribution in [2.75, 3.05) is 17.2 Å². The molecule has 2 N–H and O–H groups in total. The number of anilines is 2. The molecule has 1 heterocycles. The molecule has 10 nitrogen and oxygen atoms in total. The number of para-hydroxylation sites is 1. The Morgan fingerprint density at radius 2 is 1.70 bits per heavy atom. The summed E-state index contributed by atoms with van der Waals surface area (Å²) in [5, 5.41) is 6.99. The van der Waals surface area contributed by atoms with Crippen LogP contribution in [0.1, 0.15) is 29.3 Å². The molecule has 37 heavy (non-hydrogen) atoms. The van der Waals surface area contributed by atoms with E-state index in [-0.39, 0.29) is 30.1 Å². The fourth-order valence-corrected chi connectivity index (χ4v) is 3.56. The van der Waals surface area contributed by atoms with Crippen LogP contribution in [0.4, 0.5) is 25.0 Å². The lowest BCUT2D eigenvalue weighted by atomic mass is 10.1. The maximum absolute atomic E-state index is 14.2. The predicted octanol–water partition coefficient (Wildman–Crippen LogP) is 3.53. The molecule has 0 aliphatic rings. The molecule has 0 fully saturated rings. The first-order valence-electron chi connectivity index (χ1n) is 11.2. The second-order valence-corrected chi connectivity index (χ2v) is 7.92. The number of hydrogen-bond donors (Lipinski definition) is 1. The first-order chi connectivity index (χ1) is 17.8. The van der Waals surface area contributed by atoms with Gasteiger partial charge in [-0.3, -0.25) is 4.90 Å². The number of nitrogens with two attached hydrogens (primary N) is 1. The standard InChI is InChI=1S/C25H22F2N6O4/c1-2-13-31(24(35)33-25(36)32(29-30-33)22-19(26)9-6-10-20(22)27)17-11-12-21(28)18(14-17)23(34)37-15-16-7-4-3-5-8-16/h3-12,14H,2,13,15,28H2,1H3. The Hall–Kier alpha value is -4.87. The van der Waals surface area contributed by atoms with Crippen molar-refractivity contribution in [3.63, 3.8) is 0 Å². The summed E-state index contributed by atoms with van der Waals surface area (Å²) in [6.45, 7) is 1.93. The minimum Gasteiger partial charge on any atom is -0.457 e. The van der Waals surface area contributed by atoms with Crippen LogP contribution in [-0.4, -0.2) is 38.3 Å². The maximum Gasteiger partial charge on any atom is 0.377 e. The van der Waals surface area contributed by atoms with E-state index in [1.165, 1.54) is 23.1 Å². The van der Waals surface area contributed by atoms with Gasteiger partial charge in [0.15, 0.2) is 11.6 Å².